The molecule has 0 aromatic carbocycles. The molecule has 4 aromatic heterocycles. The van der Waals surface area contributed by atoms with Gasteiger partial charge in [0.1, 0.15) is 23.6 Å². The molecular weight excluding hydrogens is 446 g/mol. The SMILES string of the molecule is Cn1nc(-c2cnc3c(n2)c(C(=O)NC(C)(C)C)cn3COCC[Si](C)(C)C)c2cccnc21. The van der Waals surface area contributed by atoms with Gasteiger partial charge < -0.3 is 14.6 Å². The number of rotatable bonds is 7. The summed E-state index contributed by atoms with van der Waals surface area (Å²) in [6.07, 6.45) is 5.21. The molecule has 180 valence electrons. The van der Waals surface area contributed by atoms with Gasteiger partial charge in [0, 0.05) is 45.0 Å². The molecule has 0 aliphatic rings. The van der Waals surface area contributed by atoms with E-state index in [2.05, 4.69) is 40.0 Å². The zero-order chi connectivity index (χ0) is 24.7. The highest BCUT2D eigenvalue weighted by Crippen LogP contribution is 2.27. The number of amides is 1. The van der Waals surface area contributed by atoms with Gasteiger partial charge in [-0.3, -0.25) is 4.79 Å². The first-order chi connectivity index (χ1) is 15.9. The number of pyridine rings is 1. The van der Waals surface area contributed by atoms with E-state index in [1.54, 1.807) is 23.3 Å². The summed E-state index contributed by atoms with van der Waals surface area (Å²) in [7, 11) is 0.654. The van der Waals surface area contributed by atoms with Crippen LogP contribution in [0.3, 0.4) is 0 Å². The predicted octanol–water partition coefficient (Wildman–Crippen LogP) is 4.22. The molecule has 34 heavy (non-hydrogen) atoms. The van der Waals surface area contributed by atoms with Crippen LogP contribution in [0.2, 0.25) is 25.7 Å². The number of nitrogens with one attached hydrogen (secondary N) is 1. The summed E-state index contributed by atoms with van der Waals surface area (Å²) in [6.45, 7) is 13.8. The van der Waals surface area contributed by atoms with E-state index in [0.717, 1.165) is 17.1 Å². The van der Waals surface area contributed by atoms with E-state index >= 15 is 0 Å². The number of hydrogen-bond acceptors (Lipinski definition) is 6. The molecule has 0 saturated carbocycles. The fourth-order valence-electron chi connectivity index (χ4n) is 3.66. The molecule has 4 rings (SSSR count). The summed E-state index contributed by atoms with van der Waals surface area (Å²) in [4.78, 5) is 27.1. The van der Waals surface area contributed by atoms with Crippen LogP contribution in [0.25, 0.3) is 33.6 Å². The molecule has 0 bridgehead atoms. The molecule has 0 aliphatic carbocycles. The molecule has 0 spiro atoms. The van der Waals surface area contributed by atoms with Crippen LogP contribution in [-0.2, 0) is 18.5 Å². The van der Waals surface area contributed by atoms with Gasteiger partial charge in [0.25, 0.3) is 5.91 Å². The Balaban J connectivity index is 1.75. The molecule has 1 amide bonds. The van der Waals surface area contributed by atoms with Crippen molar-refractivity contribution in [1.29, 1.82) is 0 Å². The van der Waals surface area contributed by atoms with Crippen LogP contribution >= 0.6 is 0 Å². The second kappa shape index (κ2) is 8.92. The molecule has 0 unspecified atom stereocenters. The average molecular weight is 480 g/mol. The van der Waals surface area contributed by atoms with Crippen molar-refractivity contribution in [3.05, 3.63) is 36.3 Å². The van der Waals surface area contributed by atoms with E-state index in [-0.39, 0.29) is 11.4 Å². The number of aryl methyl sites for hydroxylation is 1. The lowest BCUT2D eigenvalue weighted by Gasteiger charge is -2.20. The van der Waals surface area contributed by atoms with E-state index in [1.165, 1.54) is 0 Å². The van der Waals surface area contributed by atoms with Gasteiger partial charge >= 0.3 is 0 Å². The van der Waals surface area contributed by atoms with Crippen LogP contribution in [0.1, 0.15) is 31.1 Å². The molecule has 1 N–H and O–H groups in total. The Labute approximate surface area is 200 Å². The Morgan fingerprint density at radius 1 is 1.18 bits per heavy atom. The lowest BCUT2D eigenvalue weighted by molar-refractivity contribution is 0.0886. The second-order valence-electron chi connectivity index (χ2n) is 10.8. The minimum Gasteiger partial charge on any atom is -0.361 e. The maximum Gasteiger partial charge on any atom is 0.255 e. The smallest absolute Gasteiger partial charge is 0.255 e. The van der Waals surface area contributed by atoms with Gasteiger partial charge in [0.2, 0.25) is 0 Å². The Bertz CT molecular complexity index is 1350. The van der Waals surface area contributed by atoms with Gasteiger partial charge in [-0.25, -0.2) is 19.6 Å². The first-order valence-corrected chi connectivity index (χ1v) is 15.2. The van der Waals surface area contributed by atoms with Gasteiger partial charge in [-0.05, 0) is 38.9 Å². The molecule has 0 saturated heterocycles. The highest BCUT2D eigenvalue weighted by Gasteiger charge is 2.23. The van der Waals surface area contributed by atoms with Crippen molar-refractivity contribution in [3.63, 3.8) is 0 Å². The van der Waals surface area contributed by atoms with Crippen LogP contribution in [0.5, 0.6) is 0 Å². The molecule has 0 fully saturated rings. The molecule has 0 atom stereocenters. The Morgan fingerprint density at radius 2 is 1.94 bits per heavy atom. The maximum absolute atomic E-state index is 13.2. The Morgan fingerprint density at radius 3 is 2.65 bits per heavy atom. The van der Waals surface area contributed by atoms with E-state index in [9.17, 15) is 4.79 Å². The zero-order valence-corrected chi connectivity index (χ0v) is 22.0. The lowest BCUT2D eigenvalue weighted by Crippen LogP contribution is -2.40. The molecule has 10 heteroatoms. The number of carbonyl (C=O) groups is 1. The van der Waals surface area contributed by atoms with Crippen molar-refractivity contribution in [2.24, 2.45) is 7.05 Å². The topological polar surface area (TPSA) is 99.8 Å². The molecule has 0 radical (unpaired) electrons. The van der Waals surface area contributed by atoms with Crippen LogP contribution in [-0.4, -0.2) is 55.4 Å². The quantitative estimate of drug-likeness (QED) is 0.315. The van der Waals surface area contributed by atoms with Crippen molar-refractivity contribution < 1.29 is 9.53 Å². The third-order valence-electron chi connectivity index (χ3n) is 5.37. The predicted molar refractivity (Wildman–Crippen MR) is 136 cm³/mol. The minimum absolute atomic E-state index is 0.197. The monoisotopic (exact) mass is 479 g/mol. The van der Waals surface area contributed by atoms with Crippen molar-refractivity contribution >= 4 is 36.2 Å². The van der Waals surface area contributed by atoms with Gasteiger partial charge in [-0.15, -0.1) is 0 Å². The van der Waals surface area contributed by atoms with E-state index in [0.29, 0.717) is 41.5 Å². The van der Waals surface area contributed by atoms with Crippen LogP contribution in [0.4, 0.5) is 0 Å². The van der Waals surface area contributed by atoms with E-state index < -0.39 is 8.07 Å². The number of aromatic nitrogens is 6. The van der Waals surface area contributed by atoms with Crippen LogP contribution in [0, 0.1) is 0 Å². The van der Waals surface area contributed by atoms with Crippen LogP contribution < -0.4 is 5.32 Å². The number of carbonyl (C=O) groups excluding carboxylic acids is 1. The normalized spacial score (nSPS) is 12.6. The minimum atomic E-state index is -1.19. The largest absolute Gasteiger partial charge is 0.361 e. The van der Waals surface area contributed by atoms with Crippen molar-refractivity contribution in [2.45, 2.75) is 58.7 Å². The summed E-state index contributed by atoms with van der Waals surface area (Å²) in [5, 5.41) is 8.53. The lowest BCUT2D eigenvalue weighted by atomic mass is 10.1. The summed E-state index contributed by atoms with van der Waals surface area (Å²) >= 11 is 0. The van der Waals surface area contributed by atoms with Crippen molar-refractivity contribution in [3.8, 4) is 11.4 Å². The average Bonchev–Trinajstić information content (AvgIpc) is 3.27. The third kappa shape index (κ3) is 5.17. The molecule has 0 aliphatic heterocycles. The van der Waals surface area contributed by atoms with Crippen molar-refractivity contribution in [1.82, 2.24) is 34.6 Å². The summed E-state index contributed by atoms with van der Waals surface area (Å²) in [5.74, 6) is -0.197. The van der Waals surface area contributed by atoms with E-state index in [4.69, 9.17) is 9.72 Å². The fourth-order valence-corrected chi connectivity index (χ4v) is 4.42. The van der Waals surface area contributed by atoms with Gasteiger partial charge in [0.05, 0.1) is 11.8 Å². The van der Waals surface area contributed by atoms with Crippen molar-refractivity contribution in [2.75, 3.05) is 6.61 Å². The first kappa shape index (κ1) is 24.0. The summed E-state index contributed by atoms with van der Waals surface area (Å²) in [6, 6.07) is 4.90. The first-order valence-electron chi connectivity index (χ1n) is 11.5. The highest BCUT2D eigenvalue weighted by molar-refractivity contribution is 6.76. The Hall–Kier alpha value is -3.11. The highest BCUT2D eigenvalue weighted by atomic mass is 28.3. The van der Waals surface area contributed by atoms with Gasteiger partial charge in [-0.1, -0.05) is 19.6 Å². The number of nitrogens with zero attached hydrogens (tertiary/aromatic N) is 6. The van der Waals surface area contributed by atoms with E-state index in [1.807, 2.05) is 44.5 Å². The number of fused-ring (bicyclic) bond motifs is 2. The van der Waals surface area contributed by atoms with Gasteiger partial charge in [0.15, 0.2) is 11.3 Å². The van der Waals surface area contributed by atoms with Gasteiger partial charge in [-0.2, -0.15) is 5.10 Å². The Kier molecular flexibility index (Phi) is 6.30. The molecule has 4 heterocycles. The molecular formula is C24H33N7O2Si. The molecule has 4 aromatic rings. The summed E-state index contributed by atoms with van der Waals surface area (Å²) in [5.41, 5.74) is 3.25. The molecule has 9 nitrogen and oxygen atoms in total. The standard InChI is InChI=1S/C24H33N7O2Si/c1-24(2,3)28-23(32)17-14-31(15-33-11-12-34(5,6)7)22-20(17)27-18(13-26-22)19-16-9-8-10-25-21(16)30(4)29-19/h8-10,13-14H,11-12,15H2,1-7H3,(H,28,32). The number of hydrogen-bond donors (Lipinski definition) is 1. The zero-order valence-electron chi connectivity index (χ0n) is 21.0. The second-order valence-corrected chi connectivity index (χ2v) is 16.5. The maximum atomic E-state index is 13.2. The van der Waals surface area contributed by atoms with Crippen LogP contribution in [0.15, 0.2) is 30.7 Å². The summed E-state index contributed by atoms with van der Waals surface area (Å²) < 4.78 is 9.52. The third-order valence-corrected chi connectivity index (χ3v) is 7.07. The number of ether oxygens (including phenoxy) is 1. The fraction of sp³-hybridized carbons (Fsp3) is 0.458.